The molecule has 0 saturated carbocycles. The van der Waals surface area contributed by atoms with Crippen molar-refractivity contribution >= 4 is 33.1 Å². The molecule has 7 aromatic rings. The first-order valence-electron chi connectivity index (χ1n) is 16.8. The van der Waals surface area contributed by atoms with E-state index in [1.165, 1.54) is 57.6 Å². The van der Waals surface area contributed by atoms with Crippen LogP contribution in [0.2, 0.25) is 0 Å². The van der Waals surface area contributed by atoms with Crippen LogP contribution in [0.3, 0.4) is 0 Å². The number of carbonyl (C=O) groups excluding carboxylic acids is 2. The van der Waals surface area contributed by atoms with Crippen LogP contribution in [-0.2, 0) is 35.1 Å². The standard InChI is InChI=1S/C21H20N.C20H14N.C5H8O2.Ir/c1-21(2,3)19-12-13-20(22-15-19)18-11-7-10-17(14-18)16-8-5-4-6-9-16;1-14-5-4-7-16(11-14)20-12-19-17(13-21-20)10-9-15-6-2-3-8-18(15)19;1-4(6)3-5(2)7;/h4-10,12-15H,1-3H3;2-6,8-13H,1H3;3H2,1-2H3;/q2*-1;;. The summed E-state index contributed by atoms with van der Waals surface area (Å²) < 4.78 is 0. The average molecular weight is 847 g/mol. The van der Waals surface area contributed by atoms with Gasteiger partial charge in [-0.1, -0.05) is 113 Å². The first kappa shape index (κ1) is 38.7. The summed E-state index contributed by atoms with van der Waals surface area (Å²) in [5.74, 6) is -0.125. The number of nitrogens with zero attached hydrogens (tertiary/aromatic N) is 2. The molecule has 0 aliphatic rings. The van der Waals surface area contributed by atoms with Crippen LogP contribution in [0.5, 0.6) is 0 Å². The first-order chi connectivity index (χ1) is 24.0. The third-order valence-corrected chi connectivity index (χ3v) is 8.17. The second-order valence-corrected chi connectivity index (χ2v) is 13.5. The minimum Gasteiger partial charge on any atom is -0.304 e. The molecule has 5 heteroatoms. The quantitative estimate of drug-likeness (QED) is 0.0984. The molecule has 0 aliphatic carbocycles. The fourth-order valence-corrected chi connectivity index (χ4v) is 5.55. The van der Waals surface area contributed by atoms with Crippen molar-refractivity contribution in [2.45, 2.75) is 53.4 Å². The van der Waals surface area contributed by atoms with E-state index in [1.54, 1.807) is 0 Å². The van der Waals surface area contributed by atoms with E-state index < -0.39 is 0 Å². The molecular weight excluding hydrogens is 805 g/mol. The number of Topliss-reactive ketones (excluding diaryl/α,β-unsaturated/α-hetero) is 2. The van der Waals surface area contributed by atoms with Gasteiger partial charge in [-0.2, -0.15) is 0 Å². The fraction of sp³-hybridized carbons (Fsp3) is 0.174. The molecule has 0 atom stereocenters. The van der Waals surface area contributed by atoms with E-state index in [4.69, 9.17) is 0 Å². The van der Waals surface area contributed by atoms with E-state index in [0.717, 1.165) is 22.5 Å². The Morgan fingerprint density at radius 2 is 1.24 bits per heavy atom. The van der Waals surface area contributed by atoms with Gasteiger partial charge in [-0.05, 0) is 63.3 Å². The zero-order chi connectivity index (χ0) is 35.7. The summed E-state index contributed by atoms with van der Waals surface area (Å²) in [6.45, 7) is 11.5. The van der Waals surface area contributed by atoms with Crippen molar-refractivity contribution in [3.63, 3.8) is 0 Å². The predicted molar refractivity (Wildman–Crippen MR) is 207 cm³/mol. The maximum Gasteiger partial charge on any atom is 0.137 e. The van der Waals surface area contributed by atoms with E-state index in [9.17, 15) is 9.59 Å². The molecule has 4 nitrogen and oxygen atoms in total. The summed E-state index contributed by atoms with van der Waals surface area (Å²) >= 11 is 0. The Kier molecular flexibility index (Phi) is 13.4. The summed E-state index contributed by atoms with van der Waals surface area (Å²) in [6.07, 6.45) is 4.01. The molecule has 0 aliphatic heterocycles. The van der Waals surface area contributed by atoms with E-state index in [0.29, 0.717) is 0 Å². The van der Waals surface area contributed by atoms with Crippen molar-refractivity contribution in [1.82, 2.24) is 9.97 Å². The van der Waals surface area contributed by atoms with Crippen molar-refractivity contribution in [1.29, 1.82) is 0 Å². The topological polar surface area (TPSA) is 59.9 Å². The maximum absolute atomic E-state index is 10.0. The zero-order valence-electron chi connectivity index (χ0n) is 30.0. The van der Waals surface area contributed by atoms with Gasteiger partial charge in [-0.3, -0.25) is 9.59 Å². The molecule has 0 spiro atoms. The second-order valence-electron chi connectivity index (χ2n) is 13.5. The SMILES string of the molecule is CC(=O)CC(C)=O.CC(C)(C)c1ccc(-c2[c-]ccc(-c3ccccc3)c2)nc1.Cc1cc[c-]c(-c2cc3c(ccc4ccccc43)cn2)c1.[Ir]. The minimum absolute atomic E-state index is 0. The summed E-state index contributed by atoms with van der Waals surface area (Å²) in [7, 11) is 0. The van der Waals surface area contributed by atoms with Gasteiger partial charge in [-0.15, -0.1) is 70.8 Å². The summed E-state index contributed by atoms with van der Waals surface area (Å²) in [5, 5.41) is 4.94. The molecule has 2 heterocycles. The maximum atomic E-state index is 10.0. The van der Waals surface area contributed by atoms with Crippen molar-refractivity contribution < 1.29 is 29.7 Å². The molecule has 0 bridgehead atoms. The molecule has 1 radical (unpaired) electrons. The van der Waals surface area contributed by atoms with Crippen LogP contribution in [0.25, 0.3) is 55.2 Å². The minimum atomic E-state index is -0.0625. The van der Waals surface area contributed by atoms with Gasteiger partial charge in [0.05, 0.1) is 6.42 Å². The van der Waals surface area contributed by atoms with Crippen molar-refractivity contribution in [3.8, 4) is 33.6 Å². The van der Waals surface area contributed by atoms with Gasteiger partial charge >= 0.3 is 0 Å². The van der Waals surface area contributed by atoms with Crippen molar-refractivity contribution in [3.05, 3.63) is 157 Å². The van der Waals surface area contributed by atoms with E-state index >= 15 is 0 Å². The third-order valence-electron chi connectivity index (χ3n) is 8.17. The Morgan fingerprint density at radius 3 is 1.86 bits per heavy atom. The Bertz CT molecular complexity index is 2230. The number of hydrogen-bond acceptors (Lipinski definition) is 4. The largest absolute Gasteiger partial charge is 0.304 e. The van der Waals surface area contributed by atoms with Gasteiger partial charge in [0, 0.05) is 32.5 Å². The molecule has 0 saturated heterocycles. The van der Waals surface area contributed by atoms with Crippen LogP contribution < -0.4 is 0 Å². The molecular formula is C46H42IrN2O2-2. The van der Waals surface area contributed by atoms with Gasteiger partial charge in [0.15, 0.2) is 0 Å². The predicted octanol–water partition coefficient (Wildman–Crippen LogP) is 11.2. The zero-order valence-corrected chi connectivity index (χ0v) is 32.3. The molecule has 259 valence electrons. The third kappa shape index (κ3) is 10.7. The number of aryl methyl sites for hydroxylation is 1. The monoisotopic (exact) mass is 847 g/mol. The molecule has 0 amide bonds. The molecule has 0 fully saturated rings. The van der Waals surface area contributed by atoms with E-state index in [-0.39, 0.29) is 43.5 Å². The number of rotatable bonds is 5. The van der Waals surface area contributed by atoms with Gasteiger partial charge < -0.3 is 9.97 Å². The number of benzene rings is 5. The Hall–Kier alpha value is -5.09. The summed E-state index contributed by atoms with van der Waals surface area (Å²) in [6, 6.07) is 48.5. The molecule has 7 rings (SSSR count). The normalized spacial score (nSPS) is 10.6. The van der Waals surface area contributed by atoms with Crippen LogP contribution in [0.15, 0.2) is 134 Å². The van der Waals surface area contributed by atoms with Crippen LogP contribution >= 0.6 is 0 Å². The summed E-state index contributed by atoms with van der Waals surface area (Å²) in [4.78, 5) is 29.3. The van der Waals surface area contributed by atoms with Gasteiger partial charge in [-0.25, -0.2) is 0 Å². The number of fused-ring (bicyclic) bond motifs is 3. The number of hydrogen-bond donors (Lipinski definition) is 0. The Morgan fingerprint density at radius 1 is 0.608 bits per heavy atom. The van der Waals surface area contributed by atoms with E-state index in [1.807, 2.05) is 30.6 Å². The number of ketones is 2. The van der Waals surface area contributed by atoms with Gasteiger partial charge in [0.2, 0.25) is 0 Å². The number of aromatic nitrogens is 2. The van der Waals surface area contributed by atoms with Crippen LogP contribution in [0, 0.1) is 19.1 Å². The molecule has 0 unspecified atom stereocenters. The van der Waals surface area contributed by atoms with Crippen LogP contribution in [0.1, 0.15) is 52.2 Å². The van der Waals surface area contributed by atoms with E-state index in [2.05, 4.69) is 153 Å². The number of pyridine rings is 2. The van der Waals surface area contributed by atoms with Gasteiger partial charge in [0.1, 0.15) is 11.6 Å². The van der Waals surface area contributed by atoms with Gasteiger partial charge in [0.25, 0.3) is 0 Å². The van der Waals surface area contributed by atoms with Crippen molar-refractivity contribution in [2.75, 3.05) is 0 Å². The first-order valence-corrected chi connectivity index (χ1v) is 16.8. The van der Waals surface area contributed by atoms with Crippen molar-refractivity contribution in [2.24, 2.45) is 0 Å². The smallest absolute Gasteiger partial charge is 0.137 e. The number of carbonyl (C=O) groups is 2. The van der Waals surface area contributed by atoms with Crippen LogP contribution in [-0.4, -0.2) is 21.5 Å². The summed E-state index contributed by atoms with van der Waals surface area (Å²) in [5.41, 5.74) is 9.01. The Labute approximate surface area is 315 Å². The average Bonchev–Trinajstić information content (AvgIpc) is 3.11. The molecule has 0 N–H and O–H groups in total. The molecule has 2 aromatic heterocycles. The molecule has 5 aromatic carbocycles. The molecule has 51 heavy (non-hydrogen) atoms. The fourth-order valence-electron chi connectivity index (χ4n) is 5.55. The Balaban J connectivity index is 0.000000191. The van der Waals surface area contributed by atoms with Crippen LogP contribution in [0.4, 0.5) is 0 Å². The second kappa shape index (κ2) is 17.7.